The molecule has 3 aromatic rings. The zero-order valence-electron chi connectivity index (χ0n) is 15.4. The van der Waals surface area contributed by atoms with Crippen LogP contribution in [0.4, 0.5) is 0 Å². The number of rotatable bonds is 12. The second-order valence-electron chi connectivity index (χ2n) is 6.23. The van der Waals surface area contributed by atoms with Crippen molar-refractivity contribution in [2.45, 2.75) is 39.3 Å². The summed E-state index contributed by atoms with van der Waals surface area (Å²) in [5.41, 5.74) is 2.25. The Hall–Kier alpha value is -2.74. The highest BCUT2D eigenvalue weighted by Crippen LogP contribution is 2.10. The summed E-state index contributed by atoms with van der Waals surface area (Å²) in [5.74, 6) is 0. The number of aliphatic hydroxyl groups excluding tert-OH is 3. The summed E-state index contributed by atoms with van der Waals surface area (Å²) in [6.07, 6.45) is 5.36. The number of aliphatic hydroxyl groups is 3. The van der Waals surface area contributed by atoms with Gasteiger partial charge in [-0.25, -0.2) is 14.0 Å². The molecule has 0 aliphatic heterocycles. The average Bonchev–Trinajstić information content (AvgIpc) is 3.39. The van der Waals surface area contributed by atoms with E-state index in [0.29, 0.717) is 39.3 Å². The van der Waals surface area contributed by atoms with Crippen molar-refractivity contribution in [3.05, 3.63) is 35.7 Å². The third-order valence-corrected chi connectivity index (χ3v) is 3.90. The van der Waals surface area contributed by atoms with Crippen molar-refractivity contribution in [2.24, 2.45) is 0 Å². The van der Waals surface area contributed by atoms with Crippen LogP contribution in [0.5, 0.6) is 0 Å². The summed E-state index contributed by atoms with van der Waals surface area (Å²) in [6, 6.07) is 0. The molecule has 3 rings (SSSR count). The summed E-state index contributed by atoms with van der Waals surface area (Å²) in [4.78, 5) is 2.06. The fraction of sp³-hybridized carbons (Fsp3) is 0.600. The lowest BCUT2D eigenvalue weighted by molar-refractivity contribution is 0.238. The van der Waals surface area contributed by atoms with Crippen molar-refractivity contribution in [1.82, 2.24) is 49.9 Å². The summed E-state index contributed by atoms with van der Waals surface area (Å²) in [7, 11) is 0. The van der Waals surface area contributed by atoms with Crippen molar-refractivity contribution >= 4 is 0 Å². The minimum Gasteiger partial charge on any atom is -0.394 e. The molecule has 0 saturated carbocycles. The van der Waals surface area contributed by atoms with E-state index < -0.39 is 0 Å². The zero-order chi connectivity index (χ0) is 19.8. The van der Waals surface area contributed by atoms with Crippen LogP contribution in [0.15, 0.2) is 18.6 Å². The predicted molar refractivity (Wildman–Crippen MR) is 94.3 cm³/mol. The molecule has 0 atom stereocenters. The highest BCUT2D eigenvalue weighted by Gasteiger charge is 2.15. The van der Waals surface area contributed by atoms with Gasteiger partial charge in [0.05, 0.1) is 56.5 Å². The third kappa shape index (κ3) is 5.63. The lowest BCUT2D eigenvalue weighted by atomic mass is 10.3. The van der Waals surface area contributed by atoms with E-state index in [2.05, 4.69) is 35.8 Å². The van der Waals surface area contributed by atoms with Gasteiger partial charge in [0.2, 0.25) is 0 Å². The molecule has 0 saturated heterocycles. The van der Waals surface area contributed by atoms with Crippen LogP contribution in [0.1, 0.15) is 17.1 Å². The fourth-order valence-corrected chi connectivity index (χ4v) is 2.72. The molecule has 0 aromatic carbocycles. The Bertz CT molecular complexity index is 735. The van der Waals surface area contributed by atoms with Gasteiger partial charge in [-0.2, -0.15) is 0 Å². The molecule has 13 heteroatoms. The van der Waals surface area contributed by atoms with Crippen molar-refractivity contribution in [3.63, 3.8) is 0 Å². The quantitative estimate of drug-likeness (QED) is 0.305. The standard InChI is InChI=1S/C15H24N10O3/c26-4-1-23-10-13(16-19-23)7-22(8-14-11-24(2-5-27)20-17-14)9-15-12-25(3-6-28)21-18-15/h10-12,26-28H,1-9H2. The van der Waals surface area contributed by atoms with E-state index in [-0.39, 0.29) is 19.8 Å². The molecule has 0 fully saturated rings. The molecule has 0 aliphatic rings. The van der Waals surface area contributed by atoms with Crippen LogP contribution in [0.25, 0.3) is 0 Å². The summed E-state index contributed by atoms with van der Waals surface area (Å²) < 4.78 is 4.76. The molecule has 28 heavy (non-hydrogen) atoms. The van der Waals surface area contributed by atoms with Crippen LogP contribution in [-0.4, -0.2) is 85.0 Å². The van der Waals surface area contributed by atoms with Gasteiger partial charge >= 0.3 is 0 Å². The molecule has 0 radical (unpaired) electrons. The molecule has 3 heterocycles. The van der Waals surface area contributed by atoms with Gasteiger partial charge in [-0.3, -0.25) is 4.90 Å². The number of hydrogen-bond donors (Lipinski definition) is 3. The number of nitrogens with zero attached hydrogens (tertiary/aromatic N) is 10. The SMILES string of the molecule is OCCn1cc(CN(Cc2cn(CCO)nn2)Cc2cn(CCO)nn2)nn1. The first kappa shape index (κ1) is 20.0. The van der Waals surface area contributed by atoms with Gasteiger partial charge < -0.3 is 15.3 Å². The first-order valence-electron chi connectivity index (χ1n) is 8.92. The van der Waals surface area contributed by atoms with Crippen molar-refractivity contribution in [3.8, 4) is 0 Å². The number of aromatic nitrogens is 9. The Morgan fingerprint density at radius 1 is 0.607 bits per heavy atom. The van der Waals surface area contributed by atoms with Gasteiger partial charge in [0.25, 0.3) is 0 Å². The first-order chi connectivity index (χ1) is 13.7. The predicted octanol–water partition coefficient (Wildman–Crippen LogP) is -2.36. The monoisotopic (exact) mass is 392 g/mol. The highest BCUT2D eigenvalue weighted by atomic mass is 16.3. The lowest BCUT2D eigenvalue weighted by Crippen LogP contribution is -2.23. The topological polar surface area (TPSA) is 156 Å². The maximum atomic E-state index is 9.02. The number of hydrogen-bond acceptors (Lipinski definition) is 10. The Balaban J connectivity index is 1.71. The zero-order valence-corrected chi connectivity index (χ0v) is 15.4. The van der Waals surface area contributed by atoms with E-state index in [9.17, 15) is 0 Å². The van der Waals surface area contributed by atoms with Crippen LogP contribution in [0, 0.1) is 0 Å². The Morgan fingerprint density at radius 3 is 1.21 bits per heavy atom. The molecular formula is C15H24N10O3. The molecule has 0 spiro atoms. The second-order valence-corrected chi connectivity index (χ2v) is 6.23. The Morgan fingerprint density at radius 2 is 0.929 bits per heavy atom. The lowest BCUT2D eigenvalue weighted by Gasteiger charge is -2.18. The molecule has 0 bridgehead atoms. The van der Waals surface area contributed by atoms with Gasteiger partial charge in [-0.1, -0.05) is 15.6 Å². The van der Waals surface area contributed by atoms with Gasteiger partial charge in [-0.15, -0.1) is 15.3 Å². The van der Waals surface area contributed by atoms with Crippen LogP contribution in [0.3, 0.4) is 0 Å². The Labute approximate surface area is 160 Å². The van der Waals surface area contributed by atoms with Gasteiger partial charge in [0.1, 0.15) is 0 Å². The van der Waals surface area contributed by atoms with E-state index in [4.69, 9.17) is 15.3 Å². The van der Waals surface area contributed by atoms with Crippen molar-refractivity contribution < 1.29 is 15.3 Å². The molecular weight excluding hydrogens is 368 g/mol. The molecule has 0 amide bonds. The first-order valence-corrected chi connectivity index (χ1v) is 8.92. The van der Waals surface area contributed by atoms with Gasteiger partial charge in [0.15, 0.2) is 0 Å². The fourth-order valence-electron chi connectivity index (χ4n) is 2.72. The summed E-state index contributed by atoms with van der Waals surface area (Å²) in [6.45, 7) is 2.62. The van der Waals surface area contributed by atoms with E-state index in [1.54, 1.807) is 32.6 Å². The molecule has 3 aromatic heterocycles. The Kier molecular flexibility index (Phi) is 7.13. The molecule has 13 nitrogen and oxygen atoms in total. The summed E-state index contributed by atoms with van der Waals surface area (Å²) >= 11 is 0. The minimum absolute atomic E-state index is 0.00552. The molecule has 3 N–H and O–H groups in total. The normalized spacial score (nSPS) is 11.6. The smallest absolute Gasteiger partial charge is 0.0967 e. The maximum Gasteiger partial charge on any atom is 0.0967 e. The largest absolute Gasteiger partial charge is 0.394 e. The second kappa shape index (κ2) is 9.98. The summed E-state index contributed by atoms with van der Waals surface area (Å²) in [5, 5.41) is 51.5. The van der Waals surface area contributed by atoms with E-state index in [1.165, 1.54) is 0 Å². The van der Waals surface area contributed by atoms with Crippen LogP contribution >= 0.6 is 0 Å². The minimum atomic E-state index is -0.00552. The molecule has 0 aliphatic carbocycles. The van der Waals surface area contributed by atoms with Crippen LogP contribution < -0.4 is 0 Å². The van der Waals surface area contributed by atoms with E-state index in [0.717, 1.165) is 17.1 Å². The molecule has 0 unspecified atom stereocenters. The van der Waals surface area contributed by atoms with Crippen molar-refractivity contribution in [2.75, 3.05) is 19.8 Å². The third-order valence-electron chi connectivity index (χ3n) is 3.90. The molecule has 152 valence electrons. The van der Waals surface area contributed by atoms with Crippen LogP contribution in [-0.2, 0) is 39.3 Å². The van der Waals surface area contributed by atoms with Crippen molar-refractivity contribution in [1.29, 1.82) is 0 Å². The van der Waals surface area contributed by atoms with E-state index in [1.807, 2.05) is 0 Å². The average molecular weight is 392 g/mol. The van der Waals surface area contributed by atoms with Gasteiger partial charge in [0, 0.05) is 38.2 Å². The van der Waals surface area contributed by atoms with E-state index >= 15 is 0 Å². The maximum absolute atomic E-state index is 9.02. The van der Waals surface area contributed by atoms with Gasteiger partial charge in [-0.05, 0) is 0 Å². The highest BCUT2D eigenvalue weighted by molar-refractivity contribution is 4.99. The van der Waals surface area contributed by atoms with Crippen LogP contribution in [0.2, 0.25) is 0 Å².